The van der Waals surface area contributed by atoms with Crippen molar-refractivity contribution in [2.45, 2.75) is 26.4 Å². The first kappa shape index (κ1) is 14.0. The van der Waals surface area contributed by atoms with Gasteiger partial charge in [0.25, 0.3) is 0 Å². The maximum atomic E-state index is 9.95. The molecule has 1 aromatic rings. The molecule has 3 nitrogen and oxygen atoms in total. The molecule has 0 fully saturated rings. The molecule has 1 aromatic carbocycles. The SMILES string of the molecule is COc1ccc(C(O)CNCCC(C)C)cc1. The fourth-order valence-electron chi connectivity index (χ4n) is 1.57. The van der Waals surface area contributed by atoms with E-state index >= 15 is 0 Å². The summed E-state index contributed by atoms with van der Waals surface area (Å²) in [5.41, 5.74) is 0.919. The minimum Gasteiger partial charge on any atom is -0.497 e. The minimum atomic E-state index is -0.451. The summed E-state index contributed by atoms with van der Waals surface area (Å²) in [6, 6.07) is 7.53. The molecule has 2 N–H and O–H groups in total. The number of nitrogens with one attached hydrogen (secondary N) is 1. The Kier molecular flexibility index (Phi) is 6.01. The lowest BCUT2D eigenvalue weighted by Gasteiger charge is -2.13. The number of hydrogen-bond donors (Lipinski definition) is 2. The fourth-order valence-corrected chi connectivity index (χ4v) is 1.57. The molecule has 1 atom stereocenters. The van der Waals surface area contributed by atoms with E-state index in [9.17, 15) is 5.11 Å². The first-order valence-corrected chi connectivity index (χ1v) is 6.16. The monoisotopic (exact) mass is 237 g/mol. The van der Waals surface area contributed by atoms with Gasteiger partial charge in [-0.2, -0.15) is 0 Å². The van der Waals surface area contributed by atoms with Crippen molar-refractivity contribution in [1.29, 1.82) is 0 Å². The lowest BCUT2D eigenvalue weighted by atomic mass is 10.1. The number of aliphatic hydroxyl groups is 1. The largest absolute Gasteiger partial charge is 0.497 e. The van der Waals surface area contributed by atoms with E-state index in [1.54, 1.807) is 7.11 Å². The molecule has 0 radical (unpaired) electrons. The average Bonchev–Trinajstić information content (AvgIpc) is 2.34. The average molecular weight is 237 g/mol. The number of rotatable bonds is 7. The molecule has 3 heteroatoms. The van der Waals surface area contributed by atoms with Crippen LogP contribution in [0.15, 0.2) is 24.3 Å². The van der Waals surface area contributed by atoms with Gasteiger partial charge in [0.05, 0.1) is 13.2 Å². The van der Waals surface area contributed by atoms with Gasteiger partial charge < -0.3 is 15.2 Å². The van der Waals surface area contributed by atoms with Gasteiger partial charge >= 0.3 is 0 Å². The van der Waals surface area contributed by atoms with Gasteiger partial charge in [-0.15, -0.1) is 0 Å². The van der Waals surface area contributed by atoms with Crippen LogP contribution in [0.3, 0.4) is 0 Å². The smallest absolute Gasteiger partial charge is 0.118 e. The Morgan fingerprint density at radius 2 is 1.88 bits per heavy atom. The number of methoxy groups -OCH3 is 1. The molecule has 0 amide bonds. The number of aliphatic hydroxyl groups excluding tert-OH is 1. The third-order valence-corrected chi connectivity index (χ3v) is 2.74. The van der Waals surface area contributed by atoms with Crippen molar-refractivity contribution in [2.75, 3.05) is 20.2 Å². The van der Waals surface area contributed by atoms with Crippen LogP contribution in [-0.4, -0.2) is 25.3 Å². The van der Waals surface area contributed by atoms with Crippen LogP contribution in [0.2, 0.25) is 0 Å². The van der Waals surface area contributed by atoms with Gasteiger partial charge in [-0.25, -0.2) is 0 Å². The summed E-state index contributed by atoms with van der Waals surface area (Å²) in [5.74, 6) is 1.51. The molecule has 17 heavy (non-hydrogen) atoms. The zero-order chi connectivity index (χ0) is 12.7. The van der Waals surface area contributed by atoms with Gasteiger partial charge in [-0.1, -0.05) is 26.0 Å². The second-order valence-corrected chi connectivity index (χ2v) is 4.68. The quantitative estimate of drug-likeness (QED) is 0.715. The maximum absolute atomic E-state index is 9.95. The summed E-state index contributed by atoms with van der Waals surface area (Å²) in [6.45, 7) is 5.94. The second-order valence-electron chi connectivity index (χ2n) is 4.68. The van der Waals surface area contributed by atoms with E-state index in [0.717, 1.165) is 24.3 Å². The van der Waals surface area contributed by atoms with Gasteiger partial charge in [0.2, 0.25) is 0 Å². The minimum absolute atomic E-state index is 0.451. The summed E-state index contributed by atoms with van der Waals surface area (Å²) < 4.78 is 5.08. The van der Waals surface area contributed by atoms with Crippen LogP contribution in [0.5, 0.6) is 5.75 Å². The van der Waals surface area contributed by atoms with Gasteiger partial charge in [0.1, 0.15) is 5.75 Å². The van der Waals surface area contributed by atoms with Crippen LogP contribution in [0.4, 0.5) is 0 Å². The Morgan fingerprint density at radius 1 is 1.24 bits per heavy atom. The zero-order valence-corrected chi connectivity index (χ0v) is 10.9. The molecule has 0 aliphatic rings. The van der Waals surface area contributed by atoms with Crippen molar-refractivity contribution < 1.29 is 9.84 Å². The van der Waals surface area contributed by atoms with E-state index in [4.69, 9.17) is 4.74 Å². The van der Waals surface area contributed by atoms with E-state index in [1.165, 1.54) is 0 Å². The summed E-state index contributed by atoms with van der Waals surface area (Å²) in [5, 5.41) is 13.2. The van der Waals surface area contributed by atoms with Crippen molar-refractivity contribution in [3.8, 4) is 5.75 Å². The molecular formula is C14H23NO2. The van der Waals surface area contributed by atoms with Gasteiger partial charge in [-0.3, -0.25) is 0 Å². The van der Waals surface area contributed by atoms with E-state index < -0.39 is 6.10 Å². The fraction of sp³-hybridized carbons (Fsp3) is 0.571. The first-order chi connectivity index (χ1) is 8.13. The normalized spacial score (nSPS) is 12.8. The Balaban J connectivity index is 2.33. The Morgan fingerprint density at radius 3 is 2.41 bits per heavy atom. The third kappa shape index (κ3) is 5.20. The molecule has 1 unspecified atom stereocenters. The molecule has 0 aromatic heterocycles. The summed E-state index contributed by atoms with van der Waals surface area (Å²) >= 11 is 0. The summed E-state index contributed by atoms with van der Waals surface area (Å²) in [6.07, 6.45) is 0.683. The first-order valence-electron chi connectivity index (χ1n) is 6.16. The van der Waals surface area contributed by atoms with Crippen LogP contribution < -0.4 is 10.1 Å². The number of benzene rings is 1. The van der Waals surface area contributed by atoms with Crippen LogP contribution in [-0.2, 0) is 0 Å². The highest BCUT2D eigenvalue weighted by molar-refractivity contribution is 5.28. The lowest BCUT2D eigenvalue weighted by molar-refractivity contribution is 0.174. The van der Waals surface area contributed by atoms with Crippen molar-refractivity contribution in [3.63, 3.8) is 0 Å². The molecule has 96 valence electrons. The van der Waals surface area contributed by atoms with Crippen LogP contribution in [0.25, 0.3) is 0 Å². The highest BCUT2D eigenvalue weighted by Crippen LogP contribution is 2.16. The Hall–Kier alpha value is -1.06. The number of ether oxygens (including phenoxy) is 1. The van der Waals surface area contributed by atoms with E-state index in [-0.39, 0.29) is 0 Å². The molecule has 0 bridgehead atoms. The van der Waals surface area contributed by atoms with Crippen molar-refractivity contribution in [3.05, 3.63) is 29.8 Å². The molecule has 0 spiro atoms. The molecule has 0 aliphatic carbocycles. The Bertz CT molecular complexity index is 309. The van der Waals surface area contributed by atoms with E-state index in [0.29, 0.717) is 12.5 Å². The predicted octanol–water partition coefficient (Wildman–Crippen LogP) is 2.36. The van der Waals surface area contributed by atoms with Crippen LogP contribution in [0.1, 0.15) is 31.9 Å². The third-order valence-electron chi connectivity index (χ3n) is 2.74. The molecule has 0 heterocycles. The number of hydrogen-bond acceptors (Lipinski definition) is 3. The molecule has 0 saturated carbocycles. The predicted molar refractivity (Wildman–Crippen MR) is 70.3 cm³/mol. The Labute approximate surface area is 104 Å². The molecular weight excluding hydrogens is 214 g/mol. The van der Waals surface area contributed by atoms with Crippen molar-refractivity contribution in [1.82, 2.24) is 5.32 Å². The second kappa shape index (κ2) is 7.30. The van der Waals surface area contributed by atoms with Gasteiger partial charge in [0.15, 0.2) is 0 Å². The summed E-state index contributed by atoms with van der Waals surface area (Å²) in [7, 11) is 1.64. The molecule has 0 aliphatic heterocycles. The van der Waals surface area contributed by atoms with Crippen LogP contribution >= 0.6 is 0 Å². The van der Waals surface area contributed by atoms with Crippen molar-refractivity contribution in [2.24, 2.45) is 5.92 Å². The van der Waals surface area contributed by atoms with E-state index in [1.807, 2.05) is 24.3 Å². The lowest BCUT2D eigenvalue weighted by Crippen LogP contribution is -2.23. The zero-order valence-electron chi connectivity index (χ0n) is 10.9. The van der Waals surface area contributed by atoms with Gasteiger partial charge in [-0.05, 0) is 36.6 Å². The topological polar surface area (TPSA) is 41.5 Å². The summed E-state index contributed by atoms with van der Waals surface area (Å²) in [4.78, 5) is 0. The van der Waals surface area contributed by atoms with Crippen LogP contribution in [0, 0.1) is 5.92 Å². The maximum Gasteiger partial charge on any atom is 0.118 e. The standard InChI is InChI=1S/C14H23NO2/c1-11(2)8-9-15-10-14(16)12-4-6-13(17-3)7-5-12/h4-7,11,14-16H,8-10H2,1-3H3. The molecule has 1 rings (SSSR count). The van der Waals surface area contributed by atoms with Gasteiger partial charge in [0, 0.05) is 6.54 Å². The van der Waals surface area contributed by atoms with E-state index in [2.05, 4.69) is 19.2 Å². The highest BCUT2D eigenvalue weighted by atomic mass is 16.5. The van der Waals surface area contributed by atoms with Crippen molar-refractivity contribution >= 4 is 0 Å². The highest BCUT2D eigenvalue weighted by Gasteiger charge is 2.06. The molecule has 0 saturated heterocycles.